The van der Waals surface area contributed by atoms with Crippen LogP contribution in [-0.2, 0) is 9.53 Å². The zero-order valence-corrected chi connectivity index (χ0v) is 11.9. The van der Waals surface area contributed by atoms with E-state index in [9.17, 15) is 4.79 Å². The van der Waals surface area contributed by atoms with Crippen LogP contribution in [0.4, 0.5) is 5.69 Å². The minimum absolute atomic E-state index is 0.0367. The Labute approximate surface area is 122 Å². The number of carbonyl (C=O) groups excluding carboxylic acids is 1. The lowest BCUT2D eigenvalue weighted by atomic mass is 9.91. The van der Waals surface area contributed by atoms with Gasteiger partial charge in [-0.15, -0.1) is 0 Å². The fourth-order valence-electron chi connectivity index (χ4n) is 2.62. The van der Waals surface area contributed by atoms with Crippen molar-refractivity contribution in [2.45, 2.75) is 25.9 Å². The van der Waals surface area contributed by atoms with Crippen molar-refractivity contribution in [3.63, 3.8) is 0 Å². The van der Waals surface area contributed by atoms with Crippen LogP contribution >= 0.6 is 0 Å². The van der Waals surface area contributed by atoms with Gasteiger partial charge in [-0.25, -0.2) is 0 Å². The molecule has 0 radical (unpaired) electrons. The highest BCUT2D eigenvalue weighted by molar-refractivity contribution is 5.93. The Kier molecular flexibility index (Phi) is 3.96. The molecule has 2 aromatic heterocycles. The van der Waals surface area contributed by atoms with E-state index in [2.05, 4.69) is 20.5 Å². The van der Waals surface area contributed by atoms with Gasteiger partial charge in [0, 0.05) is 19.0 Å². The third kappa shape index (κ3) is 2.95. The predicted molar refractivity (Wildman–Crippen MR) is 77.6 cm³/mol. The summed E-state index contributed by atoms with van der Waals surface area (Å²) in [5.74, 6) is -0.260. The first-order chi connectivity index (χ1) is 10.3. The molecule has 1 aliphatic heterocycles. The number of hydrogen-bond donors (Lipinski definition) is 2. The van der Waals surface area contributed by atoms with Crippen LogP contribution in [0.5, 0.6) is 0 Å². The third-order valence-electron chi connectivity index (χ3n) is 3.75. The van der Waals surface area contributed by atoms with Crippen molar-refractivity contribution in [2.24, 2.45) is 5.92 Å². The van der Waals surface area contributed by atoms with E-state index in [1.165, 1.54) is 0 Å². The summed E-state index contributed by atoms with van der Waals surface area (Å²) in [4.78, 5) is 16.8. The molecule has 1 fully saturated rings. The summed E-state index contributed by atoms with van der Waals surface area (Å²) in [6.07, 6.45) is 4.80. The number of H-pyrrole nitrogens is 1. The summed E-state index contributed by atoms with van der Waals surface area (Å²) in [5, 5.41) is 9.80. The van der Waals surface area contributed by atoms with Crippen LogP contribution in [0.2, 0.25) is 0 Å². The number of nitrogens with zero attached hydrogens (tertiary/aromatic N) is 2. The van der Waals surface area contributed by atoms with Gasteiger partial charge in [0.1, 0.15) is 6.10 Å². The van der Waals surface area contributed by atoms with Crippen LogP contribution in [0.1, 0.15) is 30.3 Å². The number of hydrogen-bond acceptors (Lipinski definition) is 4. The number of amides is 1. The fourth-order valence-corrected chi connectivity index (χ4v) is 2.62. The van der Waals surface area contributed by atoms with E-state index in [4.69, 9.17) is 4.74 Å². The van der Waals surface area contributed by atoms with E-state index in [-0.39, 0.29) is 17.9 Å². The van der Waals surface area contributed by atoms with Crippen molar-refractivity contribution in [2.75, 3.05) is 11.9 Å². The van der Waals surface area contributed by atoms with E-state index >= 15 is 0 Å². The van der Waals surface area contributed by atoms with E-state index in [0.29, 0.717) is 6.61 Å². The van der Waals surface area contributed by atoms with Gasteiger partial charge in [0.15, 0.2) is 0 Å². The molecule has 0 bridgehead atoms. The lowest BCUT2D eigenvalue weighted by Crippen LogP contribution is -2.33. The second-order valence-corrected chi connectivity index (χ2v) is 5.18. The summed E-state index contributed by atoms with van der Waals surface area (Å²) < 4.78 is 5.78. The Morgan fingerprint density at radius 1 is 1.43 bits per heavy atom. The third-order valence-corrected chi connectivity index (χ3v) is 3.75. The molecule has 0 aromatic carbocycles. The summed E-state index contributed by atoms with van der Waals surface area (Å²) in [7, 11) is 0. The first-order valence-corrected chi connectivity index (χ1v) is 7.09. The quantitative estimate of drug-likeness (QED) is 0.906. The van der Waals surface area contributed by atoms with Crippen molar-refractivity contribution >= 4 is 11.6 Å². The van der Waals surface area contributed by atoms with E-state index in [1.54, 1.807) is 12.4 Å². The highest BCUT2D eigenvalue weighted by atomic mass is 16.5. The van der Waals surface area contributed by atoms with Gasteiger partial charge in [-0.05, 0) is 38.0 Å². The second kappa shape index (κ2) is 6.05. The number of aromatic nitrogens is 3. The van der Waals surface area contributed by atoms with Crippen molar-refractivity contribution < 1.29 is 9.53 Å². The van der Waals surface area contributed by atoms with Gasteiger partial charge >= 0.3 is 0 Å². The molecule has 0 saturated carbocycles. The van der Waals surface area contributed by atoms with E-state index < -0.39 is 0 Å². The van der Waals surface area contributed by atoms with Crippen LogP contribution in [0.25, 0.3) is 0 Å². The molecule has 2 aromatic rings. The van der Waals surface area contributed by atoms with E-state index in [1.807, 2.05) is 25.1 Å². The largest absolute Gasteiger partial charge is 0.371 e. The number of carbonyl (C=O) groups is 1. The van der Waals surface area contributed by atoms with Gasteiger partial charge in [-0.3, -0.25) is 14.9 Å². The molecule has 0 unspecified atom stereocenters. The maximum Gasteiger partial charge on any atom is 0.230 e. The molecule has 21 heavy (non-hydrogen) atoms. The van der Waals surface area contributed by atoms with Crippen molar-refractivity contribution in [1.29, 1.82) is 0 Å². The van der Waals surface area contributed by atoms with Crippen LogP contribution in [-0.4, -0.2) is 27.7 Å². The molecular formula is C15H18N4O2. The summed E-state index contributed by atoms with van der Waals surface area (Å²) in [6, 6.07) is 5.52. The average molecular weight is 286 g/mol. The van der Waals surface area contributed by atoms with Gasteiger partial charge in [0.25, 0.3) is 0 Å². The Morgan fingerprint density at radius 3 is 3.10 bits per heavy atom. The topological polar surface area (TPSA) is 79.9 Å². The molecule has 1 aliphatic rings. The first-order valence-electron chi connectivity index (χ1n) is 7.09. The number of aromatic amines is 1. The van der Waals surface area contributed by atoms with Gasteiger partial charge in [0.05, 0.1) is 23.0 Å². The van der Waals surface area contributed by atoms with Gasteiger partial charge in [-0.1, -0.05) is 0 Å². The minimum Gasteiger partial charge on any atom is -0.371 e. The summed E-state index contributed by atoms with van der Waals surface area (Å²) in [6.45, 7) is 2.54. The average Bonchev–Trinajstić information content (AvgIpc) is 3.04. The van der Waals surface area contributed by atoms with Crippen LogP contribution in [0.15, 0.2) is 30.6 Å². The van der Waals surface area contributed by atoms with Crippen molar-refractivity contribution in [1.82, 2.24) is 15.2 Å². The van der Waals surface area contributed by atoms with Crippen LogP contribution in [0, 0.1) is 12.8 Å². The smallest absolute Gasteiger partial charge is 0.230 e. The maximum atomic E-state index is 12.6. The minimum atomic E-state index is -0.266. The molecule has 3 heterocycles. The Bertz CT molecular complexity index is 612. The molecular weight excluding hydrogens is 268 g/mol. The second-order valence-electron chi connectivity index (χ2n) is 5.18. The zero-order chi connectivity index (χ0) is 14.7. The summed E-state index contributed by atoms with van der Waals surface area (Å²) >= 11 is 0. The zero-order valence-electron chi connectivity index (χ0n) is 11.9. The van der Waals surface area contributed by atoms with Gasteiger partial charge < -0.3 is 10.1 Å². The lowest BCUT2D eigenvalue weighted by Gasteiger charge is -2.30. The monoisotopic (exact) mass is 286 g/mol. The van der Waals surface area contributed by atoms with Gasteiger partial charge in [-0.2, -0.15) is 5.10 Å². The van der Waals surface area contributed by atoms with E-state index in [0.717, 1.165) is 29.9 Å². The molecule has 1 saturated heterocycles. The standard InChI is InChI=1S/C15H18N4O2/c1-10-12(5-2-7-16-10)18-15(20)11-4-3-9-21-14(11)13-6-8-17-19-13/h2,5-8,11,14H,3-4,9H2,1H3,(H,17,19)(H,18,20)/t11-,14-/m1/s1. The number of ether oxygens (including phenoxy) is 1. The van der Waals surface area contributed by atoms with Crippen LogP contribution < -0.4 is 5.32 Å². The number of rotatable bonds is 3. The van der Waals surface area contributed by atoms with Crippen molar-refractivity contribution in [3.8, 4) is 0 Å². The molecule has 0 aliphatic carbocycles. The molecule has 1 amide bonds. The molecule has 110 valence electrons. The molecule has 3 rings (SSSR count). The molecule has 2 atom stereocenters. The maximum absolute atomic E-state index is 12.6. The fraction of sp³-hybridized carbons (Fsp3) is 0.400. The number of nitrogens with one attached hydrogen (secondary N) is 2. The lowest BCUT2D eigenvalue weighted by molar-refractivity contribution is -0.129. The predicted octanol–water partition coefficient (Wildman–Crippen LogP) is 2.22. The highest BCUT2D eigenvalue weighted by Gasteiger charge is 2.34. The van der Waals surface area contributed by atoms with Crippen molar-refractivity contribution in [3.05, 3.63) is 42.0 Å². The molecule has 2 N–H and O–H groups in total. The normalized spacial score (nSPS) is 22.0. The number of pyridine rings is 1. The highest BCUT2D eigenvalue weighted by Crippen LogP contribution is 2.33. The SMILES string of the molecule is Cc1ncccc1NC(=O)[C@@H]1CCCO[C@H]1c1ccn[nH]1. The molecule has 6 heteroatoms. The number of aryl methyl sites for hydroxylation is 1. The Hall–Kier alpha value is -2.21. The Morgan fingerprint density at radius 2 is 2.33 bits per heavy atom. The van der Waals surface area contributed by atoms with Crippen LogP contribution in [0.3, 0.4) is 0 Å². The molecule has 6 nitrogen and oxygen atoms in total. The molecule has 0 spiro atoms. The Balaban J connectivity index is 1.77. The van der Waals surface area contributed by atoms with Gasteiger partial charge in [0.2, 0.25) is 5.91 Å². The number of anilines is 1. The summed E-state index contributed by atoms with van der Waals surface area (Å²) in [5.41, 5.74) is 2.40. The first kappa shape index (κ1) is 13.8.